The molecule has 0 saturated carbocycles. The molecule has 0 unspecified atom stereocenters. The predicted molar refractivity (Wildman–Crippen MR) is 56.2 cm³/mol. The second-order valence-corrected chi connectivity index (χ2v) is 3.96. The second kappa shape index (κ2) is 4.75. The van der Waals surface area contributed by atoms with E-state index in [9.17, 15) is 0 Å². The third-order valence-corrected chi connectivity index (χ3v) is 2.72. The average Bonchev–Trinajstić information content (AvgIpc) is 2.23. The molecule has 0 amide bonds. The third-order valence-electron chi connectivity index (χ3n) is 2.12. The van der Waals surface area contributed by atoms with E-state index in [1.165, 1.54) is 6.42 Å². The van der Waals surface area contributed by atoms with Gasteiger partial charge in [0, 0.05) is 12.6 Å². The molecule has 0 spiro atoms. The summed E-state index contributed by atoms with van der Waals surface area (Å²) < 4.78 is 11.9. The lowest BCUT2D eigenvalue weighted by Crippen LogP contribution is -2.25. The van der Waals surface area contributed by atoms with E-state index in [-0.39, 0.29) is 6.29 Å². The van der Waals surface area contributed by atoms with Crippen LogP contribution >= 0.6 is 15.9 Å². The van der Waals surface area contributed by atoms with Gasteiger partial charge in [-0.05, 0) is 40.9 Å². The summed E-state index contributed by atoms with van der Waals surface area (Å²) in [5, 5.41) is 0. The van der Waals surface area contributed by atoms with E-state index in [0.717, 1.165) is 29.8 Å². The molecule has 1 aromatic rings. The summed E-state index contributed by atoms with van der Waals surface area (Å²) in [7, 11) is 0. The Balaban J connectivity index is 1.99. The van der Waals surface area contributed by atoms with E-state index in [1.807, 2.05) is 12.1 Å². The zero-order chi connectivity index (χ0) is 9.80. The highest BCUT2D eigenvalue weighted by Gasteiger charge is 2.16. The van der Waals surface area contributed by atoms with Gasteiger partial charge in [0.15, 0.2) is 12.0 Å². The summed E-state index contributed by atoms with van der Waals surface area (Å²) >= 11 is 3.33. The van der Waals surface area contributed by atoms with Gasteiger partial charge in [0.1, 0.15) is 4.60 Å². The lowest BCUT2D eigenvalue weighted by molar-refractivity contribution is -0.106. The Morgan fingerprint density at radius 1 is 1.50 bits per heavy atom. The Kier molecular flexibility index (Phi) is 3.37. The van der Waals surface area contributed by atoms with Crippen LogP contribution in [0, 0.1) is 0 Å². The van der Waals surface area contributed by atoms with Crippen molar-refractivity contribution in [1.29, 1.82) is 0 Å². The van der Waals surface area contributed by atoms with Crippen LogP contribution in [0.1, 0.15) is 19.3 Å². The van der Waals surface area contributed by atoms with Gasteiger partial charge in [-0.3, -0.25) is 0 Å². The van der Waals surface area contributed by atoms with Gasteiger partial charge in [-0.25, -0.2) is 4.98 Å². The predicted octanol–water partition coefficient (Wildman–Crippen LogP) is 2.75. The molecule has 2 rings (SSSR count). The van der Waals surface area contributed by atoms with Crippen molar-refractivity contribution < 1.29 is 9.47 Å². The fourth-order valence-electron chi connectivity index (χ4n) is 1.40. The molecule has 76 valence electrons. The van der Waals surface area contributed by atoms with Crippen LogP contribution in [0.3, 0.4) is 0 Å². The molecule has 1 saturated heterocycles. The SMILES string of the molecule is Brc1ncccc1O[C@H]1CCCCO1. The number of pyridine rings is 1. The quantitative estimate of drug-likeness (QED) is 0.764. The normalized spacial score (nSPS) is 21.9. The van der Waals surface area contributed by atoms with Gasteiger partial charge < -0.3 is 9.47 Å². The minimum absolute atomic E-state index is 0.107. The maximum Gasteiger partial charge on any atom is 0.199 e. The van der Waals surface area contributed by atoms with Gasteiger partial charge in [-0.15, -0.1) is 0 Å². The Morgan fingerprint density at radius 2 is 2.43 bits per heavy atom. The number of ether oxygens (including phenoxy) is 2. The Bertz CT molecular complexity index is 300. The third kappa shape index (κ3) is 2.45. The summed E-state index contributed by atoms with van der Waals surface area (Å²) in [4.78, 5) is 4.08. The summed E-state index contributed by atoms with van der Waals surface area (Å²) in [6.07, 6.45) is 4.88. The van der Waals surface area contributed by atoms with Crippen LogP contribution in [-0.2, 0) is 4.74 Å². The van der Waals surface area contributed by atoms with Gasteiger partial charge in [0.25, 0.3) is 0 Å². The molecule has 1 atom stereocenters. The molecule has 1 aromatic heterocycles. The van der Waals surface area contributed by atoms with Crippen molar-refractivity contribution in [2.24, 2.45) is 0 Å². The number of hydrogen-bond donors (Lipinski definition) is 0. The van der Waals surface area contributed by atoms with Crippen molar-refractivity contribution in [2.45, 2.75) is 25.6 Å². The largest absolute Gasteiger partial charge is 0.462 e. The van der Waals surface area contributed by atoms with Crippen LogP contribution in [-0.4, -0.2) is 17.9 Å². The molecule has 1 fully saturated rings. The molecule has 3 nitrogen and oxygen atoms in total. The van der Waals surface area contributed by atoms with Crippen molar-refractivity contribution in [3.63, 3.8) is 0 Å². The molecule has 4 heteroatoms. The first-order valence-electron chi connectivity index (χ1n) is 4.75. The summed E-state index contributed by atoms with van der Waals surface area (Å²) in [6, 6.07) is 3.73. The Hall–Kier alpha value is -0.610. The van der Waals surface area contributed by atoms with Gasteiger partial charge in [0.2, 0.25) is 0 Å². The van der Waals surface area contributed by atoms with E-state index in [1.54, 1.807) is 6.20 Å². The van der Waals surface area contributed by atoms with Crippen molar-refractivity contribution in [3.05, 3.63) is 22.9 Å². The van der Waals surface area contributed by atoms with Crippen molar-refractivity contribution in [1.82, 2.24) is 4.98 Å². The Morgan fingerprint density at radius 3 is 3.14 bits per heavy atom. The van der Waals surface area contributed by atoms with Gasteiger partial charge in [-0.1, -0.05) is 0 Å². The molecule has 2 heterocycles. The van der Waals surface area contributed by atoms with Crippen LogP contribution in [0.4, 0.5) is 0 Å². The summed E-state index contributed by atoms with van der Waals surface area (Å²) in [5.41, 5.74) is 0. The maximum absolute atomic E-state index is 5.65. The molecule has 0 radical (unpaired) electrons. The molecule has 0 bridgehead atoms. The molecule has 14 heavy (non-hydrogen) atoms. The first-order chi connectivity index (χ1) is 6.86. The number of nitrogens with zero attached hydrogens (tertiary/aromatic N) is 1. The molecule has 0 aromatic carbocycles. The first kappa shape index (κ1) is 9.93. The second-order valence-electron chi connectivity index (χ2n) is 3.21. The monoisotopic (exact) mass is 257 g/mol. The summed E-state index contributed by atoms with van der Waals surface area (Å²) in [5.74, 6) is 0.749. The van der Waals surface area contributed by atoms with Crippen LogP contribution < -0.4 is 4.74 Å². The van der Waals surface area contributed by atoms with E-state index in [2.05, 4.69) is 20.9 Å². The summed E-state index contributed by atoms with van der Waals surface area (Å²) in [6.45, 7) is 0.794. The van der Waals surface area contributed by atoms with Gasteiger partial charge in [-0.2, -0.15) is 0 Å². The molecule has 0 N–H and O–H groups in total. The highest BCUT2D eigenvalue weighted by molar-refractivity contribution is 9.10. The van der Waals surface area contributed by atoms with Crippen LogP contribution in [0.5, 0.6) is 5.75 Å². The van der Waals surface area contributed by atoms with Gasteiger partial charge >= 0.3 is 0 Å². The highest BCUT2D eigenvalue weighted by Crippen LogP contribution is 2.25. The number of aromatic nitrogens is 1. The van der Waals surface area contributed by atoms with Crippen molar-refractivity contribution in [2.75, 3.05) is 6.61 Å². The smallest absolute Gasteiger partial charge is 0.199 e. The minimum Gasteiger partial charge on any atom is -0.462 e. The zero-order valence-corrected chi connectivity index (χ0v) is 9.37. The lowest BCUT2D eigenvalue weighted by Gasteiger charge is -2.23. The van der Waals surface area contributed by atoms with Crippen LogP contribution in [0.2, 0.25) is 0 Å². The fraction of sp³-hybridized carbons (Fsp3) is 0.500. The zero-order valence-electron chi connectivity index (χ0n) is 7.78. The molecular weight excluding hydrogens is 246 g/mol. The van der Waals surface area contributed by atoms with E-state index >= 15 is 0 Å². The number of rotatable bonds is 2. The van der Waals surface area contributed by atoms with Crippen molar-refractivity contribution in [3.8, 4) is 5.75 Å². The van der Waals surface area contributed by atoms with E-state index in [4.69, 9.17) is 9.47 Å². The fourth-order valence-corrected chi connectivity index (χ4v) is 1.75. The molecular formula is C10H12BrNO2. The standard InChI is InChI=1S/C10H12BrNO2/c11-10-8(4-3-6-12-10)14-9-5-1-2-7-13-9/h3-4,6,9H,1-2,5,7H2/t9-/m0/s1. The Labute approximate surface area is 91.6 Å². The number of halogens is 1. The lowest BCUT2D eigenvalue weighted by atomic mass is 10.2. The van der Waals surface area contributed by atoms with Crippen molar-refractivity contribution >= 4 is 15.9 Å². The number of hydrogen-bond acceptors (Lipinski definition) is 3. The maximum atomic E-state index is 5.65. The molecule has 0 aliphatic carbocycles. The first-order valence-corrected chi connectivity index (χ1v) is 5.54. The van der Waals surface area contributed by atoms with Crippen LogP contribution in [0.15, 0.2) is 22.9 Å². The topological polar surface area (TPSA) is 31.4 Å². The highest BCUT2D eigenvalue weighted by atomic mass is 79.9. The van der Waals surface area contributed by atoms with E-state index in [0.29, 0.717) is 0 Å². The minimum atomic E-state index is -0.107. The van der Waals surface area contributed by atoms with Crippen LogP contribution in [0.25, 0.3) is 0 Å². The van der Waals surface area contributed by atoms with E-state index < -0.39 is 0 Å². The molecule has 1 aliphatic heterocycles. The molecule has 1 aliphatic rings. The average molecular weight is 258 g/mol. The van der Waals surface area contributed by atoms with Gasteiger partial charge in [0.05, 0.1) is 6.61 Å².